The molecule has 1 saturated heterocycles. The van der Waals surface area contributed by atoms with Crippen LogP contribution in [0.15, 0.2) is 24.3 Å². The first kappa shape index (κ1) is 60.6. The summed E-state index contributed by atoms with van der Waals surface area (Å²) in [6.07, 6.45) is 40.9. The number of allylic oxidation sites excluding steroid dienone is 3. The molecule has 0 aromatic rings. The minimum atomic E-state index is -5.08. The van der Waals surface area contributed by atoms with Gasteiger partial charge in [0, 0.05) is 6.42 Å². The zero-order valence-corrected chi connectivity index (χ0v) is 41.4. The van der Waals surface area contributed by atoms with E-state index in [2.05, 4.69) is 35.5 Å². The summed E-state index contributed by atoms with van der Waals surface area (Å²) in [7, 11) is -5.08. The predicted octanol–water partition coefficient (Wildman–Crippen LogP) is 11.3. The second-order valence-corrected chi connectivity index (χ2v) is 19.5. The van der Waals surface area contributed by atoms with Crippen LogP contribution in [0.2, 0.25) is 0 Å². The molecule has 7 atom stereocenters. The Bertz CT molecular complexity index is 1230. The number of carbonyl (C=O) groups excluding carboxylic acids is 1. The number of aliphatic hydroxyl groups excluding tert-OH is 4. The molecule has 1 heterocycles. The van der Waals surface area contributed by atoms with E-state index in [0.717, 1.165) is 38.5 Å². The van der Waals surface area contributed by atoms with E-state index in [-0.39, 0.29) is 18.9 Å². The van der Waals surface area contributed by atoms with Crippen LogP contribution in [0.25, 0.3) is 0 Å². The molecule has 64 heavy (non-hydrogen) atoms. The Morgan fingerprint density at radius 3 is 1.41 bits per heavy atom. The molecule has 0 radical (unpaired) electrons. The molecule has 0 aromatic heterocycles. The van der Waals surface area contributed by atoms with Gasteiger partial charge in [0.15, 0.2) is 6.29 Å². The van der Waals surface area contributed by atoms with Crippen molar-refractivity contribution in [3.63, 3.8) is 0 Å². The van der Waals surface area contributed by atoms with Crippen LogP contribution in [0.3, 0.4) is 0 Å². The van der Waals surface area contributed by atoms with Crippen LogP contribution < -0.4 is 5.32 Å². The average Bonchev–Trinajstić information content (AvgIpc) is 3.27. The summed E-state index contributed by atoms with van der Waals surface area (Å²) in [5, 5.41) is 44.7. The molecule has 1 aliphatic rings. The van der Waals surface area contributed by atoms with Crippen LogP contribution in [0, 0.1) is 0 Å². The minimum absolute atomic E-state index is 0.264. The summed E-state index contributed by atoms with van der Waals surface area (Å²) in [5.74, 6) is -0.264. The van der Waals surface area contributed by atoms with Crippen molar-refractivity contribution in [2.45, 2.75) is 281 Å². The second-order valence-electron chi connectivity index (χ2n) is 18.5. The van der Waals surface area contributed by atoms with E-state index in [0.29, 0.717) is 6.42 Å². The van der Waals surface area contributed by atoms with Crippen molar-refractivity contribution in [2.75, 3.05) is 13.2 Å². The van der Waals surface area contributed by atoms with Gasteiger partial charge in [0.25, 0.3) is 0 Å². The molecule has 0 aromatic carbocycles. The van der Waals surface area contributed by atoms with Crippen molar-refractivity contribution in [3.8, 4) is 0 Å². The summed E-state index contributed by atoms with van der Waals surface area (Å²) in [4.78, 5) is 13.1. The quantitative estimate of drug-likeness (QED) is 0.0193. The van der Waals surface area contributed by atoms with Crippen molar-refractivity contribution < 1.29 is 51.8 Å². The van der Waals surface area contributed by atoms with Crippen LogP contribution in [-0.2, 0) is 28.9 Å². The smallest absolute Gasteiger partial charge is 0.394 e. The van der Waals surface area contributed by atoms with Crippen molar-refractivity contribution >= 4 is 16.3 Å². The third-order valence-electron chi connectivity index (χ3n) is 12.5. The molecule has 1 aliphatic heterocycles. The maximum Gasteiger partial charge on any atom is 0.397 e. The lowest BCUT2D eigenvalue weighted by Gasteiger charge is -2.41. The van der Waals surface area contributed by atoms with Gasteiger partial charge in [-0.05, 0) is 44.9 Å². The van der Waals surface area contributed by atoms with Crippen LogP contribution in [0.5, 0.6) is 0 Å². The lowest BCUT2D eigenvalue weighted by molar-refractivity contribution is -0.298. The van der Waals surface area contributed by atoms with Crippen LogP contribution in [0.4, 0.5) is 0 Å². The fraction of sp³-hybridized carbons (Fsp3) is 0.902. The van der Waals surface area contributed by atoms with E-state index in [4.69, 9.17) is 9.47 Å². The molecule has 12 nitrogen and oxygen atoms in total. The first-order chi connectivity index (χ1) is 31.0. The van der Waals surface area contributed by atoms with Crippen LogP contribution in [0.1, 0.15) is 239 Å². The highest BCUT2D eigenvalue weighted by molar-refractivity contribution is 7.80. The number of carbonyl (C=O) groups is 1. The summed E-state index contributed by atoms with van der Waals surface area (Å²) < 4.78 is 47.6. The second kappa shape index (κ2) is 41.7. The highest BCUT2D eigenvalue weighted by Gasteiger charge is 2.48. The van der Waals surface area contributed by atoms with E-state index >= 15 is 0 Å². The number of hydrogen-bond donors (Lipinski definition) is 6. The molecule has 378 valence electrons. The fourth-order valence-corrected chi connectivity index (χ4v) is 8.90. The number of nitrogens with one attached hydrogen (secondary N) is 1. The van der Waals surface area contributed by atoms with E-state index in [1.807, 2.05) is 6.08 Å². The normalized spacial score (nSPS) is 20.4. The summed E-state index contributed by atoms with van der Waals surface area (Å²) in [6, 6.07) is -0.942. The predicted molar refractivity (Wildman–Crippen MR) is 259 cm³/mol. The van der Waals surface area contributed by atoms with Crippen LogP contribution >= 0.6 is 0 Å². The van der Waals surface area contributed by atoms with Crippen molar-refractivity contribution in [1.82, 2.24) is 5.32 Å². The fourth-order valence-electron chi connectivity index (χ4n) is 8.39. The number of unbranched alkanes of at least 4 members (excludes halogenated alkanes) is 31. The Kier molecular flexibility index (Phi) is 39.5. The van der Waals surface area contributed by atoms with Gasteiger partial charge in [0.1, 0.15) is 24.4 Å². The Morgan fingerprint density at radius 1 is 0.609 bits per heavy atom. The molecule has 6 N–H and O–H groups in total. The number of amides is 1. The van der Waals surface area contributed by atoms with E-state index < -0.39 is 59.9 Å². The highest BCUT2D eigenvalue weighted by Crippen LogP contribution is 2.26. The topological polar surface area (TPSA) is 192 Å². The van der Waals surface area contributed by atoms with Gasteiger partial charge in [0.05, 0.1) is 25.4 Å². The molecule has 0 saturated carbocycles. The Balaban J connectivity index is 2.36. The molecular formula is C51H97NO11S. The van der Waals surface area contributed by atoms with Gasteiger partial charge in [-0.25, -0.2) is 4.18 Å². The zero-order chi connectivity index (χ0) is 46.9. The Labute approximate surface area is 391 Å². The summed E-state index contributed by atoms with van der Waals surface area (Å²) >= 11 is 0. The van der Waals surface area contributed by atoms with Gasteiger partial charge >= 0.3 is 10.4 Å². The lowest BCUT2D eigenvalue weighted by Crippen LogP contribution is -2.61. The van der Waals surface area contributed by atoms with Crippen LogP contribution in [-0.4, -0.2) is 95.4 Å². The maximum absolute atomic E-state index is 13.1. The third kappa shape index (κ3) is 34.0. The van der Waals surface area contributed by atoms with Crippen molar-refractivity contribution in [1.29, 1.82) is 0 Å². The molecule has 7 unspecified atom stereocenters. The zero-order valence-electron chi connectivity index (χ0n) is 40.6. The monoisotopic (exact) mass is 932 g/mol. The van der Waals surface area contributed by atoms with E-state index in [9.17, 15) is 38.2 Å². The highest BCUT2D eigenvalue weighted by atomic mass is 32.3. The Morgan fingerprint density at radius 2 is 1.00 bits per heavy atom. The first-order valence-electron chi connectivity index (χ1n) is 26.2. The SMILES string of the molecule is CCCCCCCCCCCC/C=C/C(O)C(COC1OC(CO)C(O)C(OS(=O)(=O)O)C1O)NC(=O)CCCCCCCCCCC/C=C\CCCCCCCCCCCCCC. The largest absolute Gasteiger partial charge is 0.397 e. The molecule has 13 heteroatoms. The van der Waals surface area contributed by atoms with Gasteiger partial charge in [-0.2, -0.15) is 8.42 Å². The Hall–Kier alpha value is -1.42. The third-order valence-corrected chi connectivity index (χ3v) is 12.9. The van der Waals surface area contributed by atoms with Gasteiger partial charge < -0.3 is 35.2 Å². The molecular weight excluding hydrogens is 835 g/mol. The lowest BCUT2D eigenvalue weighted by atomic mass is 9.99. The van der Waals surface area contributed by atoms with Crippen molar-refractivity contribution in [3.05, 3.63) is 24.3 Å². The molecule has 0 aliphatic carbocycles. The number of ether oxygens (including phenoxy) is 2. The first-order valence-corrected chi connectivity index (χ1v) is 27.6. The molecule has 1 rings (SSSR count). The van der Waals surface area contributed by atoms with Gasteiger partial charge in [-0.3, -0.25) is 9.35 Å². The van der Waals surface area contributed by atoms with Gasteiger partial charge in [0.2, 0.25) is 5.91 Å². The molecule has 0 spiro atoms. The molecule has 1 fully saturated rings. The maximum atomic E-state index is 13.1. The minimum Gasteiger partial charge on any atom is -0.394 e. The van der Waals surface area contributed by atoms with Crippen molar-refractivity contribution in [2.24, 2.45) is 0 Å². The molecule has 1 amide bonds. The average molecular weight is 932 g/mol. The standard InChI is InChI=1S/C51H97NO11S/c1-3-5-7-9-11-13-15-17-18-19-20-21-22-23-24-25-26-27-28-29-31-33-35-37-39-41-47(55)52-44(45(54)40-38-36-34-32-30-16-14-12-10-8-6-4-2)43-61-51-49(57)50(63-64(58,59)60)48(56)46(42-53)62-51/h23-24,38,40,44-46,48-51,53-54,56-57H,3-22,25-37,39,41-43H2,1-2H3,(H,52,55)(H,58,59,60)/b24-23-,40-38+. The van der Waals surface area contributed by atoms with Gasteiger partial charge in [-0.1, -0.05) is 212 Å². The van der Waals surface area contributed by atoms with E-state index in [1.54, 1.807) is 6.08 Å². The van der Waals surface area contributed by atoms with Gasteiger partial charge in [-0.15, -0.1) is 0 Å². The number of rotatable bonds is 45. The summed E-state index contributed by atoms with van der Waals surface area (Å²) in [6.45, 7) is 3.39. The molecule has 0 bridgehead atoms. The number of hydrogen-bond acceptors (Lipinski definition) is 10. The summed E-state index contributed by atoms with van der Waals surface area (Å²) in [5.41, 5.74) is 0. The van der Waals surface area contributed by atoms with E-state index in [1.165, 1.54) is 173 Å². The number of aliphatic hydroxyl groups is 4.